The molecule has 0 aromatic rings. The van der Waals surface area contributed by atoms with Crippen molar-refractivity contribution >= 4 is 11.5 Å². The van der Waals surface area contributed by atoms with E-state index < -0.39 is 0 Å². The van der Waals surface area contributed by atoms with Crippen LogP contribution in [-0.2, 0) is 9.63 Å². The SMILES string of the molecule is C.C=C1CC2C(CC[C@]3(C)C(=O)C(C)CC23)[C@@]2(C)CCC(=NOCCN3CCCCC3)CC12. The van der Waals surface area contributed by atoms with Gasteiger partial charge in [0.05, 0.1) is 5.71 Å². The number of carbonyl (C=O) groups excluding carboxylic acids is 1. The van der Waals surface area contributed by atoms with Crippen molar-refractivity contribution in [3.63, 3.8) is 0 Å². The highest BCUT2D eigenvalue weighted by molar-refractivity contribution is 5.89. The summed E-state index contributed by atoms with van der Waals surface area (Å²) in [6.45, 7) is 15.7. The molecule has 4 aliphatic carbocycles. The molecular formula is C29H48N2O2. The van der Waals surface area contributed by atoms with Crippen molar-refractivity contribution in [2.75, 3.05) is 26.2 Å². The fraction of sp³-hybridized carbons (Fsp3) is 0.862. The number of Topliss-reactive ketones (excluding diaryl/α,β-unsaturated/α-hetero) is 1. The summed E-state index contributed by atoms with van der Waals surface area (Å²) in [6.07, 6.45) is 11.8. The van der Waals surface area contributed by atoms with Crippen molar-refractivity contribution in [3.8, 4) is 0 Å². The zero-order chi connectivity index (χ0) is 22.5. The van der Waals surface area contributed by atoms with E-state index in [1.807, 2.05) is 0 Å². The zero-order valence-electron chi connectivity index (χ0n) is 20.7. The van der Waals surface area contributed by atoms with Crippen LogP contribution in [0.2, 0.25) is 0 Å². The number of rotatable bonds is 4. The number of piperidine rings is 1. The van der Waals surface area contributed by atoms with Gasteiger partial charge in [0.2, 0.25) is 0 Å². The van der Waals surface area contributed by atoms with Crippen LogP contribution in [0.5, 0.6) is 0 Å². The van der Waals surface area contributed by atoms with Crippen molar-refractivity contribution in [1.29, 1.82) is 0 Å². The molecule has 0 bridgehead atoms. The maximum Gasteiger partial charge on any atom is 0.141 e. The molecule has 0 amide bonds. The first-order chi connectivity index (χ1) is 15.3. The Morgan fingerprint density at radius 1 is 1.12 bits per heavy atom. The Labute approximate surface area is 202 Å². The van der Waals surface area contributed by atoms with Gasteiger partial charge in [-0.25, -0.2) is 0 Å². The number of oxime groups is 1. The van der Waals surface area contributed by atoms with Crippen molar-refractivity contribution in [1.82, 2.24) is 4.90 Å². The first-order valence-electron chi connectivity index (χ1n) is 13.4. The Kier molecular flexibility index (Phi) is 7.16. The number of carbonyl (C=O) groups is 1. The molecule has 1 saturated heterocycles. The number of hydrogen-bond acceptors (Lipinski definition) is 4. The maximum absolute atomic E-state index is 13.0. The Morgan fingerprint density at radius 2 is 1.88 bits per heavy atom. The Bertz CT molecular complexity index is 784. The van der Waals surface area contributed by atoms with Gasteiger partial charge in [-0.05, 0) is 100.0 Å². The fourth-order valence-corrected chi connectivity index (χ4v) is 8.73. The molecule has 4 nitrogen and oxygen atoms in total. The molecule has 0 N–H and O–H groups in total. The van der Waals surface area contributed by atoms with Crippen molar-refractivity contribution < 1.29 is 9.63 Å². The van der Waals surface area contributed by atoms with E-state index in [1.54, 1.807) is 0 Å². The third kappa shape index (κ3) is 4.23. The summed E-state index contributed by atoms with van der Waals surface area (Å²) in [5, 5.41) is 4.62. The van der Waals surface area contributed by atoms with E-state index in [2.05, 4.69) is 37.4 Å². The molecular weight excluding hydrogens is 408 g/mol. The first kappa shape index (κ1) is 24.9. The highest BCUT2D eigenvalue weighted by Crippen LogP contribution is 2.66. The van der Waals surface area contributed by atoms with Gasteiger partial charge in [0.15, 0.2) is 0 Å². The Hall–Kier alpha value is -1.16. The molecule has 1 heterocycles. The van der Waals surface area contributed by atoms with E-state index in [0.29, 0.717) is 35.6 Å². The molecule has 0 radical (unpaired) electrons. The summed E-state index contributed by atoms with van der Waals surface area (Å²) >= 11 is 0. The summed E-state index contributed by atoms with van der Waals surface area (Å²) in [7, 11) is 0. The maximum atomic E-state index is 13.0. The van der Waals surface area contributed by atoms with Crippen LogP contribution in [0.1, 0.15) is 92.4 Å². The van der Waals surface area contributed by atoms with Crippen LogP contribution in [0.3, 0.4) is 0 Å². The lowest BCUT2D eigenvalue weighted by Gasteiger charge is -2.60. The minimum atomic E-state index is -0.0759. The van der Waals surface area contributed by atoms with Crippen LogP contribution in [0, 0.1) is 40.4 Å². The average molecular weight is 457 g/mol. The smallest absolute Gasteiger partial charge is 0.141 e. The monoisotopic (exact) mass is 456 g/mol. The van der Waals surface area contributed by atoms with Crippen LogP contribution >= 0.6 is 0 Å². The third-order valence-corrected chi connectivity index (χ3v) is 10.6. The van der Waals surface area contributed by atoms with Crippen LogP contribution in [0.4, 0.5) is 0 Å². The topological polar surface area (TPSA) is 41.9 Å². The molecule has 5 fully saturated rings. The second-order valence-corrected chi connectivity index (χ2v) is 12.4. The Morgan fingerprint density at radius 3 is 2.64 bits per heavy atom. The molecule has 5 rings (SSSR count). The second-order valence-electron chi connectivity index (χ2n) is 12.4. The van der Waals surface area contributed by atoms with E-state index in [4.69, 9.17) is 4.84 Å². The van der Waals surface area contributed by atoms with Crippen LogP contribution in [-0.4, -0.2) is 42.6 Å². The van der Waals surface area contributed by atoms with Gasteiger partial charge in [0.1, 0.15) is 12.4 Å². The van der Waals surface area contributed by atoms with E-state index in [1.165, 1.54) is 56.5 Å². The van der Waals surface area contributed by atoms with Crippen molar-refractivity contribution in [2.24, 2.45) is 45.6 Å². The molecule has 1 aliphatic heterocycles. The highest BCUT2D eigenvalue weighted by atomic mass is 16.6. The number of nitrogens with zero attached hydrogens (tertiary/aromatic N) is 2. The normalized spacial score (nSPS) is 44.6. The van der Waals surface area contributed by atoms with E-state index in [9.17, 15) is 4.79 Å². The van der Waals surface area contributed by atoms with Gasteiger partial charge in [-0.3, -0.25) is 9.69 Å². The summed E-state index contributed by atoms with van der Waals surface area (Å²) < 4.78 is 0. The van der Waals surface area contributed by atoms with Gasteiger partial charge in [-0.2, -0.15) is 0 Å². The van der Waals surface area contributed by atoms with Gasteiger partial charge >= 0.3 is 0 Å². The Balaban J connectivity index is 0.00000259. The molecule has 7 atom stereocenters. The van der Waals surface area contributed by atoms with Gasteiger partial charge in [0, 0.05) is 17.9 Å². The molecule has 186 valence electrons. The lowest BCUT2D eigenvalue weighted by atomic mass is 9.44. The first-order valence-corrected chi connectivity index (χ1v) is 13.4. The van der Waals surface area contributed by atoms with E-state index in [-0.39, 0.29) is 18.8 Å². The predicted molar refractivity (Wildman–Crippen MR) is 136 cm³/mol. The predicted octanol–water partition coefficient (Wildman–Crippen LogP) is 6.50. The molecule has 33 heavy (non-hydrogen) atoms. The second kappa shape index (κ2) is 9.47. The fourth-order valence-electron chi connectivity index (χ4n) is 8.73. The van der Waals surface area contributed by atoms with Gasteiger partial charge in [-0.1, -0.05) is 51.9 Å². The molecule has 0 spiro atoms. The van der Waals surface area contributed by atoms with E-state index in [0.717, 1.165) is 44.6 Å². The quantitative estimate of drug-likeness (QED) is 0.275. The molecule has 0 aromatic heterocycles. The summed E-state index contributed by atoms with van der Waals surface area (Å²) in [6, 6.07) is 0. The minimum Gasteiger partial charge on any atom is -0.394 e. The van der Waals surface area contributed by atoms with Gasteiger partial charge in [-0.15, -0.1) is 0 Å². The van der Waals surface area contributed by atoms with Crippen molar-refractivity contribution in [3.05, 3.63) is 12.2 Å². The van der Waals surface area contributed by atoms with Crippen LogP contribution in [0.25, 0.3) is 0 Å². The number of hydrogen-bond donors (Lipinski definition) is 0. The molecule has 5 aliphatic rings. The number of fused-ring (bicyclic) bond motifs is 5. The molecule has 4 heteroatoms. The molecule has 0 aromatic carbocycles. The summed E-state index contributed by atoms with van der Waals surface area (Å²) in [5.41, 5.74) is 2.90. The summed E-state index contributed by atoms with van der Waals surface area (Å²) in [5.74, 6) is 3.26. The van der Waals surface area contributed by atoms with Crippen molar-refractivity contribution in [2.45, 2.75) is 92.4 Å². The molecule has 4 saturated carbocycles. The van der Waals surface area contributed by atoms with Crippen LogP contribution < -0.4 is 0 Å². The minimum absolute atomic E-state index is 0. The molecule has 5 unspecified atom stereocenters. The number of ketones is 1. The largest absolute Gasteiger partial charge is 0.394 e. The lowest BCUT2D eigenvalue weighted by molar-refractivity contribution is -0.136. The highest BCUT2D eigenvalue weighted by Gasteiger charge is 2.62. The van der Waals surface area contributed by atoms with Crippen LogP contribution in [0.15, 0.2) is 17.3 Å². The zero-order valence-corrected chi connectivity index (χ0v) is 20.7. The number of allylic oxidation sites excluding steroid dienone is 1. The lowest BCUT2D eigenvalue weighted by Crippen LogP contribution is -2.54. The summed E-state index contributed by atoms with van der Waals surface area (Å²) in [4.78, 5) is 21.3. The third-order valence-electron chi connectivity index (χ3n) is 10.6. The van der Waals surface area contributed by atoms with Gasteiger partial charge < -0.3 is 4.84 Å². The van der Waals surface area contributed by atoms with Gasteiger partial charge in [0.25, 0.3) is 0 Å². The standard InChI is InChI=1S/C28H44N2O2.CH4/c1-19-16-22-23(9-11-28(4)25(22)17-20(2)26(28)31)27(3)10-8-21(18-24(19)27)29-32-15-14-30-12-6-5-7-13-30;/h20,22-25H,1,5-18H2,2-4H3;1H4/t20?,22?,23?,24?,25?,27-,28+;/m1./s1. The van der Waals surface area contributed by atoms with E-state index >= 15 is 0 Å². The number of likely N-dealkylation sites (tertiary alicyclic amines) is 1. The average Bonchev–Trinajstić information content (AvgIpc) is 3.02.